The molecule has 0 radical (unpaired) electrons. The summed E-state index contributed by atoms with van der Waals surface area (Å²) in [6, 6.07) is 7.52. The average Bonchev–Trinajstić information content (AvgIpc) is 2.89. The van der Waals surface area contributed by atoms with Gasteiger partial charge < -0.3 is 9.64 Å². The molecule has 0 bridgehead atoms. The number of carbonyl (C=O) groups excluding carboxylic acids is 1. The number of likely N-dealkylation sites (tertiary alicyclic amines) is 2. The predicted octanol–water partition coefficient (Wildman–Crippen LogP) is 6.04. The Kier molecular flexibility index (Phi) is 6.70. The number of hydrogen-bond donors (Lipinski definition) is 0. The number of benzene rings is 1. The van der Waals surface area contributed by atoms with E-state index in [1.165, 1.54) is 0 Å². The van der Waals surface area contributed by atoms with Crippen LogP contribution in [0.2, 0.25) is 5.02 Å². The second kappa shape index (κ2) is 8.59. The molecule has 2 saturated heterocycles. The van der Waals surface area contributed by atoms with Crippen molar-refractivity contribution in [3.05, 3.63) is 34.9 Å². The molecule has 180 valence electrons. The third-order valence-electron chi connectivity index (χ3n) is 6.37. The van der Waals surface area contributed by atoms with Crippen LogP contribution in [0.4, 0.5) is 31.1 Å². The number of ether oxygens (including phenoxy) is 1. The Bertz CT molecular complexity index is 803. The number of alkyl halides is 6. The zero-order chi connectivity index (χ0) is 23.9. The summed E-state index contributed by atoms with van der Waals surface area (Å²) in [5, 5.41) is 0.642. The van der Waals surface area contributed by atoms with E-state index in [4.69, 9.17) is 11.6 Å². The lowest BCUT2D eigenvalue weighted by Gasteiger charge is -2.39. The second-order valence-corrected chi connectivity index (χ2v) is 9.74. The summed E-state index contributed by atoms with van der Waals surface area (Å²) in [6.45, 7) is 5.72. The maximum Gasteiger partial charge on any atom is 0.434 e. The first-order valence-corrected chi connectivity index (χ1v) is 10.6. The highest BCUT2D eigenvalue weighted by Crippen LogP contribution is 2.48. The van der Waals surface area contributed by atoms with Crippen molar-refractivity contribution in [1.82, 2.24) is 9.80 Å². The van der Waals surface area contributed by atoms with Crippen molar-refractivity contribution < 1.29 is 35.9 Å². The Balaban J connectivity index is 1.61. The molecule has 1 spiro atoms. The van der Waals surface area contributed by atoms with Crippen molar-refractivity contribution in [2.24, 2.45) is 5.41 Å². The van der Waals surface area contributed by atoms with E-state index >= 15 is 0 Å². The Morgan fingerprint density at radius 2 is 1.59 bits per heavy atom. The van der Waals surface area contributed by atoms with Crippen molar-refractivity contribution in [3.8, 4) is 0 Å². The normalized spacial score (nSPS) is 21.4. The minimum absolute atomic E-state index is 0.0478. The maximum atomic E-state index is 12.7. The van der Waals surface area contributed by atoms with Crippen LogP contribution in [0.15, 0.2) is 24.3 Å². The Morgan fingerprint density at radius 3 is 2.09 bits per heavy atom. The van der Waals surface area contributed by atoms with Gasteiger partial charge in [0.05, 0.1) is 0 Å². The summed E-state index contributed by atoms with van der Waals surface area (Å²) < 4.78 is 79.9. The summed E-state index contributed by atoms with van der Waals surface area (Å²) in [5.41, 5.74) is 0.769. The number of hydrogen-bond acceptors (Lipinski definition) is 3. The minimum atomic E-state index is -5.72. The van der Waals surface area contributed by atoms with Gasteiger partial charge in [-0.3, -0.25) is 4.90 Å². The van der Waals surface area contributed by atoms with Crippen LogP contribution in [0.5, 0.6) is 0 Å². The Hall–Kier alpha value is -1.68. The van der Waals surface area contributed by atoms with E-state index in [0.29, 0.717) is 24.4 Å². The maximum absolute atomic E-state index is 12.7. The zero-order valence-electron chi connectivity index (χ0n) is 17.7. The predicted molar refractivity (Wildman–Crippen MR) is 106 cm³/mol. The SMILES string of the molecule is CC1(C)CC2(CCN(C(=O)OC(C(F)(F)F)C(F)(F)F)CC2)CN1Cc1ccc(Cl)cc1. The molecule has 0 N–H and O–H groups in total. The molecule has 4 nitrogen and oxygen atoms in total. The van der Waals surface area contributed by atoms with E-state index in [-0.39, 0.29) is 24.0 Å². The third-order valence-corrected chi connectivity index (χ3v) is 6.62. The molecule has 2 aliphatic rings. The first-order chi connectivity index (χ1) is 14.6. The molecule has 0 unspecified atom stereocenters. The number of piperidine rings is 1. The molecular weight excluding hydrogens is 462 g/mol. The van der Waals surface area contributed by atoms with Gasteiger partial charge in [0, 0.05) is 36.7 Å². The lowest BCUT2D eigenvalue weighted by atomic mass is 9.74. The van der Waals surface area contributed by atoms with Crippen molar-refractivity contribution in [2.75, 3.05) is 19.6 Å². The van der Waals surface area contributed by atoms with Crippen LogP contribution in [-0.4, -0.2) is 59.5 Å². The van der Waals surface area contributed by atoms with Crippen LogP contribution >= 0.6 is 11.6 Å². The van der Waals surface area contributed by atoms with Gasteiger partial charge in [-0.05, 0) is 56.2 Å². The molecule has 0 aliphatic carbocycles. The van der Waals surface area contributed by atoms with Gasteiger partial charge in [-0.25, -0.2) is 4.79 Å². The standard InChI is InChI=1S/C21H25ClF6N2O2/c1-18(2)12-19(13-30(18)11-14-3-5-15(22)6-4-14)7-9-29(10-8-19)17(31)32-16(20(23,24)25)21(26,27)28/h3-6,16H,7-13H2,1-2H3. The largest absolute Gasteiger partial charge is 0.434 e. The molecule has 1 aromatic rings. The molecular formula is C21H25ClF6N2O2. The van der Waals surface area contributed by atoms with Crippen molar-refractivity contribution in [3.63, 3.8) is 0 Å². The molecule has 0 aromatic heterocycles. The van der Waals surface area contributed by atoms with Crippen LogP contribution in [0.3, 0.4) is 0 Å². The molecule has 0 atom stereocenters. The number of nitrogens with zero attached hydrogens (tertiary/aromatic N) is 2. The summed E-state index contributed by atoms with van der Waals surface area (Å²) in [4.78, 5) is 15.3. The lowest BCUT2D eigenvalue weighted by molar-refractivity contribution is -0.308. The Labute approximate surface area is 187 Å². The fourth-order valence-electron chi connectivity index (χ4n) is 4.78. The highest BCUT2D eigenvalue weighted by molar-refractivity contribution is 6.30. The molecule has 32 heavy (non-hydrogen) atoms. The van der Waals surface area contributed by atoms with Crippen molar-refractivity contribution in [2.45, 2.75) is 63.7 Å². The zero-order valence-corrected chi connectivity index (χ0v) is 18.4. The van der Waals surface area contributed by atoms with Gasteiger partial charge >= 0.3 is 18.4 Å². The molecule has 2 heterocycles. The van der Waals surface area contributed by atoms with Gasteiger partial charge in [-0.2, -0.15) is 26.3 Å². The topological polar surface area (TPSA) is 32.8 Å². The molecule has 2 fully saturated rings. The molecule has 1 amide bonds. The summed E-state index contributed by atoms with van der Waals surface area (Å²) in [5.74, 6) is 0. The molecule has 2 aliphatic heterocycles. The van der Waals surface area contributed by atoms with E-state index in [0.717, 1.165) is 23.4 Å². The van der Waals surface area contributed by atoms with Crippen molar-refractivity contribution in [1.29, 1.82) is 0 Å². The monoisotopic (exact) mass is 486 g/mol. The van der Waals surface area contributed by atoms with E-state index in [9.17, 15) is 31.1 Å². The number of halogens is 7. The lowest BCUT2D eigenvalue weighted by Crippen LogP contribution is -2.50. The van der Waals surface area contributed by atoms with Gasteiger partial charge in [-0.15, -0.1) is 0 Å². The fraction of sp³-hybridized carbons (Fsp3) is 0.667. The summed E-state index contributed by atoms with van der Waals surface area (Å²) >= 11 is 5.94. The number of carbonyl (C=O) groups is 1. The van der Waals surface area contributed by atoms with E-state index in [1.807, 2.05) is 24.3 Å². The van der Waals surface area contributed by atoms with E-state index in [1.54, 1.807) is 0 Å². The van der Waals surface area contributed by atoms with E-state index in [2.05, 4.69) is 23.5 Å². The third kappa shape index (κ3) is 5.62. The smallest absolute Gasteiger partial charge is 0.426 e. The molecule has 11 heteroatoms. The van der Waals surface area contributed by atoms with Gasteiger partial charge in [-0.1, -0.05) is 23.7 Å². The first kappa shape index (κ1) is 25.0. The van der Waals surface area contributed by atoms with Crippen LogP contribution in [0, 0.1) is 5.41 Å². The van der Waals surface area contributed by atoms with Crippen LogP contribution in [0.1, 0.15) is 38.7 Å². The van der Waals surface area contributed by atoms with E-state index < -0.39 is 24.5 Å². The van der Waals surface area contributed by atoms with Gasteiger partial charge in [0.2, 0.25) is 0 Å². The summed E-state index contributed by atoms with van der Waals surface area (Å²) in [7, 11) is 0. The number of amides is 1. The van der Waals surface area contributed by atoms with Gasteiger partial charge in [0.15, 0.2) is 0 Å². The highest BCUT2D eigenvalue weighted by atomic mass is 35.5. The average molecular weight is 487 g/mol. The number of rotatable bonds is 3. The first-order valence-electron chi connectivity index (χ1n) is 10.2. The molecule has 0 saturated carbocycles. The quantitative estimate of drug-likeness (QED) is 0.489. The highest BCUT2D eigenvalue weighted by Gasteiger charge is 2.60. The minimum Gasteiger partial charge on any atom is -0.426 e. The summed E-state index contributed by atoms with van der Waals surface area (Å²) in [6.07, 6.45) is -15.4. The van der Waals surface area contributed by atoms with Crippen LogP contribution in [0.25, 0.3) is 0 Å². The van der Waals surface area contributed by atoms with Gasteiger partial charge in [0.25, 0.3) is 6.10 Å². The molecule has 3 rings (SSSR count). The second-order valence-electron chi connectivity index (χ2n) is 9.31. The fourth-order valence-corrected chi connectivity index (χ4v) is 4.90. The van der Waals surface area contributed by atoms with Crippen molar-refractivity contribution >= 4 is 17.7 Å². The Morgan fingerprint density at radius 1 is 1.06 bits per heavy atom. The van der Waals surface area contributed by atoms with Crippen LogP contribution in [-0.2, 0) is 11.3 Å². The van der Waals surface area contributed by atoms with Crippen LogP contribution < -0.4 is 0 Å². The van der Waals surface area contributed by atoms with Gasteiger partial charge in [0.1, 0.15) is 0 Å². The molecule has 1 aromatic carbocycles.